The molecule has 1 fully saturated rings. The lowest BCUT2D eigenvalue weighted by atomic mass is 9.74. The summed E-state index contributed by atoms with van der Waals surface area (Å²) in [5, 5.41) is 10.1. The fraction of sp³-hybridized carbons (Fsp3) is 1.00. The zero-order chi connectivity index (χ0) is 9.41. The van der Waals surface area contributed by atoms with Crippen molar-refractivity contribution in [3.63, 3.8) is 0 Å². The average Bonchev–Trinajstić information content (AvgIpc) is 2.37. The van der Waals surface area contributed by atoms with E-state index in [1.807, 2.05) is 20.8 Å². The van der Waals surface area contributed by atoms with Crippen molar-refractivity contribution in [3.8, 4) is 0 Å². The van der Waals surface area contributed by atoms with Gasteiger partial charge in [0.15, 0.2) is 0 Å². The first-order valence-corrected chi connectivity index (χ1v) is 4.49. The standard InChI is InChI=1S/C9H19NO2/c1-7(2)8(3,10)9(11)4-5-12-6-9/h7,11H,4-6,10H2,1-3H3. The van der Waals surface area contributed by atoms with E-state index in [4.69, 9.17) is 10.5 Å². The van der Waals surface area contributed by atoms with Gasteiger partial charge in [-0.25, -0.2) is 0 Å². The zero-order valence-electron chi connectivity index (χ0n) is 8.13. The van der Waals surface area contributed by atoms with Crippen molar-refractivity contribution in [2.45, 2.75) is 38.3 Å². The second-order valence-electron chi connectivity index (χ2n) is 4.27. The van der Waals surface area contributed by atoms with E-state index in [9.17, 15) is 5.11 Å². The van der Waals surface area contributed by atoms with Crippen LogP contribution in [0.2, 0.25) is 0 Å². The van der Waals surface area contributed by atoms with Crippen LogP contribution in [-0.4, -0.2) is 29.5 Å². The van der Waals surface area contributed by atoms with Crippen LogP contribution in [0.15, 0.2) is 0 Å². The van der Waals surface area contributed by atoms with Gasteiger partial charge in [0.25, 0.3) is 0 Å². The molecular formula is C9H19NO2. The Labute approximate surface area is 73.9 Å². The summed E-state index contributed by atoms with van der Waals surface area (Å²) in [6.45, 7) is 6.94. The molecule has 0 amide bonds. The van der Waals surface area contributed by atoms with Crippen molar-refractivity contribution in [2.75, 3.05) is 13.2 Å². The van der Waals surface area contributed by atoms with Crippen molar-refractivity contribution in [3.05, 3.63) is 0 Å². The molecule has 3 N–H and O–H groups in total. The normalized spacial score (nSPS) is 35.5. The van der Waals surface area contributed by atoms with Gasteiger partial charge < -0.3 is 15.6 Å². The molecule has 0 saturated carbocycles. The summed E-state index contributed by atoms with van der Waals surface area (Å²) in [4.78, 5) is 0. The minimum atomic E-state index is -0.832. The largest absolute Gasteiger partial charge is 0.385 e. The zero-order valence-corrected chi connectivity index (χ0v) is 8.13. The quantitative estimate of drug-likeness (QED) is 0.639. The van der Waals surface area contributed by atoms with Crippen molar-refractivity contribution < 1.29 is 9.84 Å². The molecule has 1 heterocycles. The molecule has 0 spiro atoms. The minimum Gasteiger partial charge on any atom is -0.385 e. The van der Waals surface area contributed by atoms with E-state index in [1.54, 1.807) is 0 Å². The highest BCUT2D eigenvalue weighted by Crippen LogP contribution is 2.33. The highest BCUT2D eigenvalue weighted by molar-refractivity contribution is 5.04. The monoisotopic (exact) mass is 173 g/mol. The van der Waals surface area contributed by atoms with E-state index in [2.05, 4.69) is 0 Å². The summed E-state index contributed by atoms with van der Waals surface area (Å²) in [6.07, 6.45) is 0.651. The number of aliphatic hydroxyl groups is 1. The van der Waals surface area contributed by atoms with Crippen LogP contribution in [0.3, 0.4) is 0 Å². The summed E-state index contributed by atoms with van der Waals surface area (Å²) in [5.41, 5.74) is 4.68. The van der Waals surface area contributed by atoms with Crippen LogP contribution in [-0.2, 0) is 4.74 Å². The van der Waals surface area contributed by atoms with Gasteiger partial charge in [0.2, 0.25) is 0 Å². The molecular weight excluding hydrogens is 154 g/mol. The Kier molecular flexibility index (Phi) is 2.47. The van der Waals surface area contributed by atoms with Gasteiger partial charge in [-0.15, -0.1) is 0 Å². The van der Waals surface area contributed by atoms with E-state index in [0.29, 0.717) is 19.6 Å². The maximum atomic E-state index is 10.1. The third kappa shape index (κ3) is 1.37. The number of hydrogen-bond donors (Lipinski definition) is 2. The molecule has 1 aliphatic heterocycles. The van der Waals surface area contributed by atoms with Crippen molar-refractivity contribution in [2.24, 2.45) is 11.7 Å². The van der Waals surface area contributed by atoms with Gasteiger partial charge in [-0.3, -0.25) is 0 Å². The van der Waals surface area contributed by atoms with Gasteiger partial charge in [0.05, 0.1) is 6.61 Å². The first-order chi connectivity index (χ1) is 5.40. The molecule has 2 atom stereocenters. The predicted octanol–water partition coefficient (Wildman–Crippen LogP) is 0.511. The third-order valence-electron chi connectivity index (χ3n) is 3.20. The molecule has 72 valence electrons. The lowest BCUT2D eigenvalue weighted by molar-refractivity contribution is -0.0515. The summed E-state index contributed by atoms with van der Waals surface area (Å²) in [6, 6.07) is 0. The van der Waals surface area contributed by atoms with Gasteiger partial charge in [-0.1, -0.05) is 13.8 Å². The van der Waals surface area contributed by atoms with Crippen LogP contribution in [0, 0.1) is 5.92 Å². The summed E-state index contributed by atoms with van der Waals surface area (Å²) in [7, 11) is 0. The molecule has 2 unspecified atom stereocenters. The maximum absolute atomic E-state index is 10.1. The Morgan fingerprint density at radius 2 is 2.17 bits per heavy atom. The second kappa shape index (κ2) is 2.98. The molecule has 0 bridgehead atoms. The molecule has 0 aromatic carbocycles. The fourth-order valence-corrected chi connectivity index (χ4v) is 1.52. The van der Waals surface area contributed by atoms with Gasteiger partial charge >= 0.3 is 0 Å². The van der Waals surface area contributed by atoms with Crippen LogP contribution in [0.4, 0.5) is 0 Å². The highest BCUT2D eigenvalue weighted by atomic mass is 16.5. The lowest BCUT2D eigenvalue weighted by Crippen LogP contribution is -2.62. The Balaban J connectivity index is 2.78. The second-order valence-corrected chi connectivity index (χ2v) is 4.27. The number of ether oxygens (including phenoxy) is 1. The Morgan fingerprint density at radius 1 is 1.58 bits per heavy atom. The molecule has 0 radical (unpaired) electrons. The molecule has 3 nitrogen and oxygen atoms in total. The van der Waals surface area contributed by atoms with Gasteiger partial charge in [0.1, 0.15) is 5.60 Å². The van der Waals surface area contributed by atoms with Crippen LogP contribution < -0.4 is 5.73 Å². The Bertz CT molecular complexity index is 157. The molecule has 0 aliphatic carbocycles. The molecule has 0 aromatic heterocycles. The van der Waals surface area contributed by atoms with Crippen LogP contribution in [0.5, 0.6) is 0 Å². The van der Waals surface area contributed by atoms with E-state index >= 15 is 0 Å². The molecule has 1 rings (SSSR count). The summed E-state index contributed by atoms with van der Waals surface area (Å²) in [5.74, 6) is 0.254. The predicted molar refractivity (Wildman–Crippen MR) is 47.8 cm³/mol. The van der Waals surface area contributed by atoms with Gasteiger partial charge in [-0.05, 0) is 12.8 Å². The van der Waals surface area contributed by atoms with E-state index < -0.39 is 11.1 Å². The highest BCUT2D eigenvalue weighted by Gasteiger charge is 2.48. The molecule has 1 aliphatic rings. The minimum absolute atomic E-state index is 0.254. The third-order valence-corrected chi connectivity index (χ3v) is 3.20. The SMILES string of the molecule is CC(C)C(C)(N)C1(O)CCOC1. The van der Waals surface area contributed by atoms with E-state index in [1.165, 1.54) is 0 Å². The van der Waals surface area contributed by atoms with Crippen molar-refractivity contribution in [1.82, 2.24) is 0 Å². The number of nitrogens with two attached hydrogens (primary N) is 1. The van der Waals surface area contributed by atoms with E-state index in [-0.39, 0.29) is 5.92 Å². The van der Waals surface area contributed by atoms with E-state index in [0.717, 1.165) is 0 Å². The first-order valence-electron chi connectivity index (χ1n) is 4.49. The summed E-state index contributed by atoms with van der Waals surface area (Å²) >= 11 is 0. The Hall–Kier alpha value is -0.120. The smallest absolute Gasteiger partial charge is 0.108 e. The maximum Gasteiger partial charge on any atom is 0.108 e. The van der Waals surface area contributed by atoms with Crippen molar-refractivity contribution >= 4 is 0 Å². The van der Waals surface area contributed by atoms with Gasteiger partial charge in [0, 0.05) is 18.6 Å². The topological polar surface area (TPSA) is 55.5 Å². The van der Waals surface area contributed by atoms with Crippen LogP contribution >= 0.6 is 0 Å². The Morgan fingerprint density at radius 3 is 2.50 bits per heavy atom. The summed E-state index contributed by atoms with van der Waals surface area (Å²) < 4.78 is 5.17. The molecule has 3 heteroatoms. The molecule has 0 aromatic rings. The molecule has 12 heavy (non-hydrogen) atoms. The number of rotatable bonds is 2. The first kappa shape index (κ1) is 9.96. The van der Waals surface area contributed by atoms with Gasteiger partial charge in [-0.2, -0.15) is 0 Å². The molecule has 1 saturated heterocycles. The van der Waals surface area contributed by atoms with Crippen molar-refractivity contribution in [1.29, 1.82) is 0 Å². The average molecular weight is 173 g/mol. The fourth-order valence-electron chi connectivity index (χ4n) is 1.52. The number of hydrogen-bond acceptors (Lipinski definition) is 3. The van der Waals surface area contributed by atoms with Crippen LogP contribution in [0.25, 0.3) is 0 Å². The lowest BCUT2D eigenvalue weighted by Gasteiger charge is -2.41. The van der Waals surface area contributed by atoms with Crippen LogP contribution in [0.1, 0.15) is 27.2 Å².